The lowest BCUT2D eigenvalue weighted by Gasteiger charge is -2.45. The van der Waals surface area contributed by atoms with E-state index in [1.54, 1.807) is 0 Å². The molecule has 1 aromatic rings. The van der Waals surface area contributed by atoms with Gasteiger partial charge in [-0.15, -0.1) is 0 Å². The SMILES string of the molecule is CCNc1cccc(C2(C)CCN(CCCCC(C)C)CC2C)c1. The predicted octanol–water partition coefficient (Wildman–Crippen LogP) is 5.54. The molecule has 136 valence electrons. The average Bonchev–Trinajstić information content (AvgIpc) is 2.55. The summed E-state index contributed by atoms with van der Waals surface area (Å²) in [4.78, 5) is 2.70. The molecule has 0 aliphatic carbocycles. The summed E-state index contributed by atoms with van der Waals surface area (Å²) >= 11 is 0. The molecule has 1 aromatic carbocycles. The van der Waals surface area contributed by atoms with Crippen molar-refractivity contribution < 1.29 is 0 Å². The number of piperidine rings is 1. The van der Waals surface area contributed by atoms with Crippen LogP contribution >= 0.6 is 0 Å². The fourth-order valence-electron chi connectivity index (χ4n) is 4.03. The Labute approximate surface area is 150 Å². The van der Waals surface area contributed by atoms with E-state index in [0.29, 0.717) is 11.3 Å². The van der Waals surface area contributed by atoms with Crippen molar-refractivity contribution in [3.63, 3.8) is 0 Å². The van der Waals surface area contributed by atoms with Crippen molar-refractivity contribution in [3.8, 4) is 0 Å². The van der Waals surface area contributed by atoms with E-state index in [0.717, 1.165) is 12.5 Å². The lowest BCUT2D eigenvalue weighted by molar-refractivity contribution is 0.109. The number of anilines is 1. The zero-order valence-corrected chi connectivity index (χ0v) is 16.6. The average molecular weight is 331 g/mol. The summed E-state index contributed by atoms with van der Waals surface area (Å²) in [5.41, 5.74) is 3.08. The minimum Gasteiger partial charge on any atom is -0.385 e. The molecule has 1 aliphatic heterocycles. The van der Waals surface area contributed by atoms with E-state index < -0.39 is 0 Å². The van der Waals surface area contributed by atoms with Gasteiger partial charge in [-0.1, -0.05) is 52.7 Å². The normalized spacial score (nSPS) is 25.2. The topological polar surface area (TPSA) is 15.3 Å². The molecule has 2 unspecified atom stereocenters. The van der Waals surface area contributed by atoms with Gasteiger partial charge in [0.05, 0.1) is 0 Å². The molecule has 0 spiro atoms. The third-order valence-electron chi connectivity index (χ3n) is 5.98. The molecule has 0 bridgehead atoms. The van der Waals surface area contributed by atoms with Crippen molar-refractivity contribution >= 4 is 5.69 Å². The van der Waals surface area contributed by atoms with Gasteiger partial charge >= 0.3 is 0 Å². The summed E-state index contributed by atoms with van der Waals surface area (Å²) in [5, 5.41) is 3.46. The number of benzene rings is 1. The minimum absolute atomic E-state index is 0.305. The van der Waals surface area contributed by atoms with E-state index in [-0.39, 0.29) is 0 Å². The van der Waals surface area contributed by atoms with Gasteiger partial charge in [-0.2, -0.15) is 0 Å². The molecule has 0 amide bonds. The number of nitrogens with zero attached hydrogens (tertiary/aromatic N) is 1. The Bertz CT molecular complexity index is 496. The van der Waals surface area contributed by atoms with Crippen molar-refractivity contribution in [3.05, 3.63) is 29.8 Å². The van der Waals surface area contributed by atoms with Crippen LogP contribution in [0.15, 0.2) is 24.3 Å². The molecule has 2 heteroatoms. The van der Waals surface area contributed by atoms with Gasteiger partial charge in [0.1, 0.15) is 0 Å². The number of unbranched alkanes of at least 4 members (excludes halogenated alkanes) is 1. The summed E-state index contributed by atoms with van der Waals surface area (Å²) in [6.07, 6.45) is 5.38. The molecule has 0 aromatic heterocycles. The highest BCUT2D eigenvalue weighted by Crippen LogP contribution is 2.40. The Balaban J connectivity index is 1.92. The van der Waals surface area contributed by atoms with Crippen LogP contribution in [0.25, 0.3) is 0 Å². The molecular formula is C22H38N2. The highest BCUT2D eigenvalue weighted by atomic mass is 15.1. The molecule has 1 fully saturated rings. The molecule has 2 nitrogen and oxygen atoms in total. The Morgan fingerprint density at radius 3 is 2.75 bits per heavy atom. The molecular weight excluding hydrogens is 292 g/mol. The monoisotopic (exact) mass is 330 g/mol. The maximum absolute atomic E-state index is 3.46. The Morgan fingerprint density at radius 2 is 2.08 bits per heavy atom. The minimum atomic E-state index is 0.305. The van der Waals surface area contributed by atoms with Gasteiger partial charge in [0.2, 0.25) is 0 Å². The summed E-state index contributed by atoms with van der Waals surface area (Å²) in [7, 11) is 0. The van der Waals surface area contributed by atoms with Crippen LogP contribution in [0.4, 0.5) is 5.69 Å². The predicted molar refractivity (Wildman–Crippen MR) is 107 cm³/mol. The van der Waals surface area contributed by atoms with Crippen LogP contribution < -0.4 is 5.32 Å². The van der Waals surface area contributed by atoms with Gasteiger partial charge in [0.25, 0.3) is 0 Å². The zero-order valence-electron chi connectivity index (χ0n) is 16.6. The maximum atomic E-state index is 3.46. The molecule has 1 heterocycles. The van der Waals surface area contributed by atoms with E-state index in [9.17, 15) is 0 Å². The van der Waals surface area contributed by atoms with Gasteiger partial charge in [-0.25, -0.2) is 0 Å². The third-order valence-corrected chi connectivity index (χ3v) is 5.98. The van der Waals surface area contributed by atoms with Crippen molar-refractivity contribution in [1.29, 1.82) is 0 Å². The van der Waals surface area contributed by atoms with Crippen LogP contribution in [0.5, 0.6) is 0 Å². The summed E-state index contributed by atoms with van der Waals surface area (Å²) in [6.45, 7) is 16.5. The van der Waals surface area contributed by atoms with Gasteiger partial charge < -0.3 is 10.2 Å². The van der Waals surface area contributed by atoms with Crippen LogP contribution in [-0.2, 0) is 5.41 Å². The molecule has 1 N–H and O–H groups in total. The lowest BCUT2D eigenvalue weighted by atomic mass is 9.68. The number of hydrogen-bond donors (Lipinski definition) is 1. The Morgan fingerprint density at radius 1 is 1.29 bits per heavy atom. The van der Waals surface area contributed by atoms with Gasteiger partial charge in [-0.3, -0.25) is 0 Å². The van der Waals surface area contributed by atoms with Crippen LogP contribution in [0.1, 0.15) is 65.9 Å². The Kier molecular flexibility index (Phi) is 7.16. The second-order valence-corrected chi connectivity index (χ2v) is 8.37. The number of rotatable bonds is 8. The van der Waals surface area contributed by atoms with Gasteiger partial charge in [0.15, 0.2) is 0 Å². The fraction of sp³-hybridized carbons (Fsp3) is 0.727. The van der Waals surface area contributed by atoms with Crippen LogP contribution in [0.3, 0.4) is 0 Å². The van der Waals surface area contributed by atoms with E-state index in [4.69, 9.17) is 0 Å². The van der Waals surface area contributed by atoms with Gasteiger partial charge in [-0.05, 0) is 67.8 Å². The van der Waals surface area contributed by atoms with E-state index in [1.807, 2.05) is 0 Å². The molecule has 2 atom stereocenters. The summed E-state index contributed by atoms with van der Waals surface area (Å²) in [5.74, 6) is 1.55. The first-order valence-electron chi connectivity index (χ1n) is 10.0. The molecule has 0 radical (unpaired) electrons. The van der Waals surface area contributed by atoms with Crippen LogP contribution in [-0.4, -0.2) is 31.1 Å². The van der Waals surface area contributed by atoms with Crippen molar-refractivity contribution in [2.45, 2.75) is 65.7 Å². The largest absolute Gasteiger partial charge is 0.385 e. The van der Waals surface area contributed by atoms with Crippen molar-refractivity contribution in [1.82, 2.24) is 4.90 Å². The van der Waals surface area contributed by atoms with E-state index in [1.165, 1.54) is 56.6 Å². The van der Waals surface area contributed by atoms with E-state index >= 15 is 0 Å². The third kappa shape index (κ3) is 4.99. The van der Waals surface area contributed by atoms with E-state index in [2.05, 4.69) is 69.1 Å². The molecule has 24 heavy (non-hydrogen) atoms. The number of hydrogen-bond acceptors (Lipinski definition) is 2. The standard InChI is InChI=1S/C22H38N2/c1-6-23-21-12-9-11-20(16-21)22(5)13-15-24(17-19(22)4)14-8-7-10-18(2)3/h9,11-12,16,18-19,23H,6-8,10,13-15,17H2,1-5H3. The van der Waals surface area contributed by atoms with Crippen molar-refractivity contribution in [2.24, 2.45) is 11.8 Å². The maximum Gasteiger partial charge on any atom is 0.0343 e. The Hall–Kier alpha value is -1.02. The van der Waals surface area contributed by atoms with Crippen LogP contribution in [0, 0.1) is 11.8 Å². The summed E-state index contributed by atoms with van der Waals surface area (Å²) < 4.78 is 0. The highest BCUT2D eigenvalue weighted by molar-refractivity contribution is 5.47. The second kappa shape index (κ2) is 8.89. The first-order chi connectivity index (χ1) is 11.5. The molecule has 0 saturated carbocycles. The molecule has 2 rings (SSSR count). The summed E-state index contributed by atoms with van der Waals surface area (Å²) in [6, 6.07) is 9.10. The number of likely N-dealkylation sites (tertiary alicyclic amines) is 1. The number of nitrogens with one attached hydrogen (secondary N) is 1. The lowest BCUT2D eigenvalue weighted by Crippen LogP contribution is -2.47. The smallest absolute Gasteiger partial charge is 0.0343 e. The second-order valence-electron chi connectivity index (χ2n) is 8.37. The zero-order chi connectivity index (χ0) is 17.6. The van der Waals surface area contributed by atoms with Crippen molar-refractivity contribution in [2.75, 3.05) is 31.5 Å². The first-order valence-corrected chi connectivity index (χ1v) is 10.0. The van der Waals surface area contributed by atoms with Gasteiger partial charge in [0, 0.05) is 18.8 Å². The fourth-order valence-corrected chi connectivity index (χ4v) is 4.03. The molecule has 1 aliphatic rings. The molecule has 1 saturated heterocycles. The first kappa shape index (κ1) is 19.3. The quantitative estimate of drug-likeness (QED) is 0.629. The van der Waals surface area contributed by atoms with Crippen LogP contribution in [0.2, 0.25) is 0 Å². The highest BCUT2D eigenvalue weighted by Gasteiger charge is 2.37.